The molecule has 1 atom stereocenters. The van der Waals surface area contributed by atoms with Crippen LogP contribution in [-0.2, 0) is 4.57 Å². The van der Waals surface area contributed by atoms with Gasteiger partial charge in [0.25, 0.3) is 0 Å². The molecule has 0 radical (unpaired) electrons. The van der Waals surface area contributed by atoms with Crippen LogP contribution in [0.1, 0.15) is 13.8 Å². The Kier molecular flexibility index (Phi) is 7.02. The van der Waals surface area contributed by atoms with Crippen molar-refractivity contribution < 1.29 is 39.0 Å². The summed E-state index contributed by atoms with van der Waals surface area (Å²) < 4.78 is 10.5. The number of hydrogen-bond donors (Lipinski definition) is 0. The van der Waals surface area contributed by atoms with Crippen LogP contribution in [-0.4, -0.2) is 12.8 Å². The molecule has 0 heterocycles. The van der Waals surface area contributed by atoms with Gasteiger partial charge in [0.05, 0.1) is 0 Å². The zero-order valence-corrected chi connectivity index (χ0v) is 9.44. The second-order valence-corrected chi connectivity index (χ2v) is 4.98. The van der Waals surface area contributed by atoms with Crippen molar-refractivity contribution in [2.24, 2.45) is 5.92 Å². The Hall–Kier alpha value is 1.19. The van der Waals surface area contributed by atoms with E-state index in [1.54, 1.807) is 0 Å². The summed E-state index contributed by atoms with van der Waals surface area (Å²) in [6.07, 6.45) is 0.326. The summed E-state index contributed by atoms with van der Waals surface area (Å²) in [4.78, 5) is 10.5. The van der Waals surface area contributed by atoms with Gasteiger partial charge in [-0.3, -0.25) is 0 Å². The Morgan fingerprint density at radius 2 is 1.89 bits per heavy atom. The molecular formula is C5H12NaO2P. The zero-order chi connectivity index (χ0) is 6.78. The standard InChI is InChI=1S/C5H13O2P.Na/c1-5(2)4-8(3,6)7;/h5H,4H2,1-3H3,(H,6,7);/q;+1/p-1. The van der Waals surface area contributed by atoms with Gasteiger partial charge in [-0.15, -0.1) is 0 Å². The van der Waals surface area contributed by atoms with Gasteiger partial charge >= 0.3 is 29.6 Å². The molecule has 0 aliphatic carbocycles. The Balaban J connectivity index is 0. The van der Waals surface area contributed by atoms with Crippen molar-refractivity contribution >= 4 is 7.37 Å². The van der Waals surface area contributed by atoms with Crippen molar-refractivity contribution in [2.45, 2.75) is 13.8 Å². The Morgan fingerprint density at radius 3 is 1.89 bits per heavy atom. The van der Waals surface area contributed by atoms with Crippen molar-refractivity contribution in [3.63, 3.8) is 0 Å². The van der Waals surface area contributed by atoms with Crippen LogP contribution in [0.25, 0.3) is 0 Å². The SMILES string of the molecule is CC(C)CP(C)(=O)[O-].[Na+]. The first-order valence-corrected chi connectivity index (χ1v) is 4.95. The first-order chi connectivity index (χ1) is 3.42. The van der Waals surface area contributed by atoms with E-state index >= 15 is 0 Å². The van der Waals surface area contributed by atoms with Crippen molar-refractivity contribution in [3.05, 3.63) is 0 Å². The molecule has 0 saturated heterocycles. The first kappa shape index (κ1) is 12.8. The van der Waals surface area contributed by atoms with Crippen LogP contribution in [0.3, 0.4) is 0 Å². The molecule has 0 aromatic heterocycles. The maximum absolute atomic E-state index is 10.5. The fourth-order valence-electron chi connectivity index (χ4n) is 0.663. The van der Waals surface area contributed by atoms with E-state index in [9.17, 15) is 9.46 Å². The van der Waals surface area contributed by atoms with E-state index in [0.29, 0.717) is 6.16 Å². The van der Waals surface area contributed by atoms with Crippen LogP contribution in [0, 0.1) is 5.92 Å². The molecule has 0 rings (SSSR count). The monoisotopic (exact) mass is 158 g/mol. The van der Waals surface area contributed by atoms with Gasteiger partial charge < -0.3 is 9.46 Å². The topological polar surface area (TPSA) is 40.1 Å². The molecule has 0 fully saturated rings. The largest absolute Gasteiger partial charge is 1.00 e. The molecule has 9 heavy (non-hydrogen) atoms. The minimum atomic E-state index is -2.97. The van der Waals surface area contributed by atoms with Gasteiger partial charge in [-0.2, -0.15) is 0 Å². The predicted molar refractivity (Wildman–Crippen MR) is 33.2 cm³/mol. The van der Waals surface area contributed by atoms with Crippen LogP contribution >= 0.6 is 7.37 Å². The number of rotatable bonds is 2. The van der Waals surface area contributed by atoms with E-state index in [-0.39, 0.29) is 35.5 Å². The molecule has 50 valence electrons. The summed E-state index contributed by atoms with van der Waals surface area (Å²) in [7, 11) is -2.97. The van der Waals surface area contributed by atoms with E-state index < -0.39 is 7.37 Å². The fraction of sp³-hybridized carbons (Fsp3) is 1.00. The zero-order valence-electron chi connectivity index (χ0n) is 6.55. The van der Waals surface area contributed by atoms with Crippen LogP contribution in [0.4, 0.5) is 0 Å². The quantitative estimate of drug-likeness (QED) is 0.341. The molecule has 0 amide bonds. The third-order valence-corrected chi connectivity index (χ3v) is 2.09. The molecular weight excluding hydrogens is 146 g/mol. The van der Waals surface area contributed by atoms with Gasteiger partial charge in [0.15, 0.2) is 0 Å². The molecule has 0 aromatic carbocycles. The second-order valence-electron chi connectivity index (χ2n) is 2.59. The Labute approximate surface area is 78.8 Å². The average Bonchev–Trinajstić information content (AvgIpc) is 1.21. The van der Waals surface area contributed by atoms with Crippen LogP contribution in [0.5, 0.6) is 0 Å². The molecule has 0 bridgehead atoms. The number of hydrogen-bond acceptors (Lipinski definition) is 2. The van der Waals surface area contributed by atoms with Crippen molar-refractivity contribution in [2.75, 3.05) is 12.8 Å². The molecule has 1 unspecified atom stereocenters. The van der Waals surface area contributed by atoms with Gasteiger partial charge in [-0.05, 0) is 18.7 Å². The van der Waals surface area contributed by atoms with E-state index in [1.165, 1.54) is 6.66 Å². The molecule has 2 nitrogen and oxygen atoms in total. The summed E-state index contributed by atoms with van der Waals surface area (Å²) >= 11 is 0. The van der Waals surface area contributed by atoms with Gasteiger partial charge in [-0.25, -0.2) is 0 Å². The van der Waals surface area contributed by atoms with E-state index in [2.05, 4.69) is 0 Å². The maximum atomic E-state index is 10.5. The average molecular weight is 158 g/mol. The third kappa shape index (κ3) is 12.4. The summed E-state index contributed by atoms with van der Waals surface area (Å²) in [6, 6.07) is 0. The van der Waals surface area contributed by atoms with Gasteiger partial charge in [0.1, 0.15) is 0 Å². The van der Waals surface area contributed by atoms with Crippen molar-refractivity contribution in [3.8, 4) is 0 Å². The van der Waals surface area contributed by atoms with Crippen LogP contribution in [0.15, 0.2) is 0 Å². The van der Waals surface area contributed by atoms with Crippen molar-refractivity contribution in [1.29, 1.82) is 0 Å². The first-order valence-electron chi connectivity index (χ1n) is 2.69. The van der Waals surface area contributed by atoms with E-state index in [0.717, 1.165) is 0 Å². The second kappa shape index (κ2) is 4.92. The maximum Gasteiger partial charge on any atom is 1.00 e. The predicted octanol–water partition coefficient (Wildman–Crippen LogP) is -2.09. The molecule has 0 N–H and O–H groups in total. The van der Waals surface area contributed by atoms with E-state index in [4.69, 9.17) is 0 Å². The summed E-state index contributed by atoms with van der Waals surface area (Å²) in [6.45, 7) is 5.08. The summed E-state index contributed by atoms with van der Waals surface area (Å²) in [5.41, 5.74) is 0. The van der Waals surface area contributed by atoms with Gasteiger partial charge in [0.2, 0.25) is 0 Å². The summed E-state index contributed by atoms with van der Waals surface area (Å²) in [5.74, 6) is 0.267. The van der Waals surface area contributed by atoms with Crippen LogP contribution in [0.2, 0.25) is 0 Å². The molecule has 0 spiro atoms. The molecule has 0 aliphatic heterocycles. The van der Waals surface area contributed by atoms with Crippen molar-refractivity contribution in [1.82, 2.24) is 0 Å². The summed E-state index contributed by atoms with van der Waals surface area (Å²) in [5, 5.41) is 0. The molecule has 4 heteroatoms. The molecule has 0 saturated carbocycles. The minimum Gasteiger partial charge on any atom is -0.799 e. The fourth-order valence-corrected chi connectivity index (χ4v) is 1.99. The Morgan fingerprint density at radius 1 is 1.56 bits per heavy atom. The smallest absolute Gasteiger partial charge is 0.799 e. The van der Waals surface area contributed by atoms with Crippen LogP contribution < -0.4 is 34.5 Å². The molecule has 0 aliphatic rings. The third-order valence-electron chi connectivity index (χ3n) is 0.697. The van der Waals surface area contributed by atoms with E-state index in [1.807, 2.05) is 13.8 Å². The Bertz CT molecular complexity index is 108. The van der Waals surface area contributed by atoms with Gasteiger partial charge in [0, 0.05) is 7.37 Å². The molecule has 0 aromatic rings. The van der Waals surface area contributed by atoms with Gasteiger partial charge in [-0.1, -0.05) is 13.8 Å². The normalized spacial score (nSPS) is 16.6. The minimum absolute atomic E-state index is 0.